The molecule has 0 saturated heterocycles. The number of nitrogens with two attached hydrogens (primary N) is 4. The minimum atomic E-state index is -0.804. The van der Waals surface area contributed by atoms with Crippen molar-refractivity contribution >= 4 is 40.4 Å². The van der Waals surface area contributed by atoms with Crippen LogP contribution >= 0.6 is 0 Å². The summed E-state index contributed by atoms with van der Waals surface area (Å²) in [6.07, 6.45) is 6.37. The van der Waals surface area contributed by atoms with E-state index in [-0.39, 0.29) is 61.3 Å². The van der Waals surface area contributed by atoms with Gasteiger partial charge in [0.05, 0.1) is 6.42 Å². The Morgan fingerprint density at radius 1 is 0.800 bits per heavy atom. The summed E-state index contributed by atoms with van der Waals surface area (Å²) >= 11 is 0. The molecule has 3 aromatic rings. The number of carbonyl (C=O) groups is 3. The second-order valence-electron chi connectivity index (χ2n) is 12.5. The summed E-state index contributed by atoms with van der Waals surface area (Å²) in [6.45, 7) is 1.41. The highest BCUT2D eigenvalue weighted by Crippen LogP contribution is 2.19. The number of fused-ring (bicyclic) bond motifs is 1. The fourth-order valence-corrected chi connectivity index (χ4v) is 6.00. The number of guanidine groups is 2. The number of aromatic hydroxyl groups is 1. The van der Waals surface area contributed by atoms with Gasteiger partial charge in [0.2, 0.25) is 17.7 Å². The number of rotatable bonds is 13. The van der Waals surface area contributed by atoms with Crippen LogP contribution in [0.1, 0.15) is 43.2 Å². The summed E-state index contributed by atoms with van der Waals surface area (Å²) in [5.74, 6) is -0.517. The number of aliphatic imine (C=N–C) groups is 2. The van der Waals surface area contributed by atoms with Gasteiger partial charge in [-0.1, -0.05) is 66.7 Å². The maximum Gasteiger partial charge on any atom is 0.243 e. The fraction of sp³-hybridized carbons (Fsp3) is 0.378. The van der Waals surface area contributed by atoms with Crippen molar-refractivity contribution in [2.45, 2.75) is 57.0 Å². The second-order valence-corrected chi connectivity index (χ2v) is 12.5. The Balaban J connectivity index is 1.58. The number of phenolic OH excluding ortho intramolecular Hbond substituents is 1. The average Bonchev–Trinajstić information content (AvgIpc) is 3.11. The van der Waals surface area contributed by atoms with Crippen LogP contribution in [0.5, 0.6) is 5.75 Å². The molecule has 0 radical (unpaired) electrons. The molecule has 13 heteroatoms. The van der Waals surface area contributed by atoms with E-state index in [0.717, 1.165) is 21.9 Å². The van der Waals surface area contributed by atoms with Crippen LogP contribution in [0.25, 0.3) is 10.8 Å². The van der Waals surface area contributed by atoms with Crippen molar-refractivity contribution in [1.29, 1.82) is 0 Å². The summed E-state index contributed by atoms with van der Waals surface area (Å²) in [5, 5.41) is 15.0. The zero-order valence-corrected chi connectivity index (χ0v) is 28.4. The monoisotopic (exact) mass is 683 g/mol. The first-order valence-electron chi connectivity index (χ1n) is 17.0. The van der Waals surface area contributed by atoms with E-state index < -0.39 is 12.1 Å². The average molecular weight is 684 g/mol. The summed E-state index contributed by atoms with van der Waals surface area (Å²) in [7, 11) is 0. The number of hydrogen-bond acceptors (Lipinski definition) is 6. The standard InChI is InChI=1S/C37H49N9O4/c38-36(39)42-19-5-9-30-25-45(34(49)24-27-11-15-28-7-1-2-8-29(28)23-27)21-3-4-22-46(32(35(50)44-30)10-6-20-43-37(40)41)33(48)18-14-26-12-16-31(47)17-13-26/h1-4,7-8,11-13,15-17,23,30,32,47H,5-6,9-10,14,18-22,24-25H2,(H,44,50)(H4,38,39,42)(H4,40,41,43)/b4-3-/t30?,32-/m0/s1. The van der Waals surface area contributed by atoms with E-state index in [2.05, 4.69) is 15.3 Å². The summed E-state index contributed by atoms with van der Waals surface area (Å²) in [6, 6.07) is 19.5. The second kappa shape index (κ2) is 18.8. The molecule has 1 unspecified atom stereocenters. The van der Waals surface area contributed by atoms with Crippen molar-refractivity contribution in [3.63, 3.8) is 0 Å². The number of aryl methyl sites for hydroxylation is 1. The van der Waals surface area contributed by atoms with Gasteiger partial charge >= 0.3 is 0 Å². The van der Waals surface area contributed by atoms with Crippen LogP contribution in [-0.4, -0.2) is 89.4 Å². The van der Waals surface area contributed by atoms with Crippen molar-refractivity contribution in [3.05, 3.63) is 90.0 Å². The molecule has 13 nitrogen and oxygen atoms in total. The molecule has 50 heavy (non-hydrogen) atoms. The van der Waals surface area contributed by atoms with Gasteiger partial charge in [0.25, 0.3) is 0 Å². The molecule has 0 saturated carbocycles. The molecule has 3 aromatic carbocycles. The fourth-order valence-electron chi connectivity index (χ4n) is 6.00. The molecule has 0 fully saturated rings. The maximum absolute atomic E-state index is 14.1. The number of hydrogen-bond donors (Lipinski definition) is 6. The van der Waals surface area contributed by atoms with Crippen molar-refractivity contribution in [2.24, 2.45) is 32.9 Å². The molecule has 1 aliphatic rings. The third-order valence-electron chi connectivity index (χ3n) is 8.60. The van der Waals surface area contributed by atoms with Gasteiger partial charge in [-0.15, -0.1) is 0 Å². The van der Waals surface area contributed by atoms with Gasteiger partial charge in [0, 0.05) is 45.2 Å². The first-order valence-corrected chi connectivity index (χ1v) is 17.0. The van der Waals surface area contributed by atoms with E-state index in [4.69, 9.17) is 22.9 Å². The Kier molecular flexibility index (Phi) is 14.0. The van der Waals surface area contributed by atoms with Crippen molar-refractivity contribution in [2.75, 3.05) is 32.7 Å². The normalized spacial score (nSPS) is 17.3. The van der Waals surface area contributed by atoms with E-state index in [9.17, 15) is 19.5 Å². The lowest BCUT2D eigenvalue weighted by Crippen LogP contribution is -2.54. The Labute approximate surface area is 293 Å². The van der Waals surface area contributed by atoms with E-state index in [1.807, 2.05) is 54.6 Å². The highest BCUT2D eigenvalue weighted by atomic mass is 16.3. The summed E-state index contributed by atoms with van der Waals surface area (Å²) in [5.41, 5.74) is 23.9. The lowest BCUT2D eigenvalue weighted by atomic mass is 10.0. The summed E-state index contributed by atoms with van der Waals surface area (Å²) < 4.78 is 0. The van der Waals surface area contributed by atoms with E-state index in [0.29, 0.717) is 51.7 Å². The maximum atomic E-state index is 14.1. The van der Waals surface area contributed by atoms with Crippen molar-refractivity contribution in [3.8, 4) is 5.75 Å². The minimum Gasteiger partial charge on any atom is -0.508 e. The van der Waals surface area contributed by atoms with E-state index in [1.54, 1.807) is 34.1 Å². The molecule has 4 rings (SSSR count). The van der Waals surface area contributed by atoms with Gasteiger partial charge in [-0.2, -0.15) is 0 Å². The third kappa shape index (κ3) is 11.8. The molecule has 0 aromatic heterocycles. The van der Waals surface area contributed by atoms with Gasteiger partial charge < -0.3 is 43.2 Å². The molecule has 1 heterocycles. The van der Waals surface area contributed by atoms with Crippen LogP contribution in [0.3, 0.4) is 0 Å². The molecule has 10 N–H and O–H groups in total. The molecule has 0 spiro atoms. The first-order chi connectivity index (χ1) is 24.1. The Morgan fingerprint density at radius 3 is 2.14 bits per heavy atom. The molecule has 1 aliphatic heterocycles. The number of nitrogens with zero attached hydrogens (tertiary/aromatic N) is 4. The molecule has 0 aliphatic carbocycles. The van der Waals surface area contributed by atoms with Crippen LogP contribution in [0.15, 0.2) is 88.9 Å². The number of nitrogens with one attached hydrogen (secondary N) is 1. The van der Waals surface area contributed by atoms with Crippen molar-refractivity contribution in [1.82, 2.24) is 15.1 Å². The minimum absolute atomic E-state index is 0.0175. The Hall–Kier alpha value is -5.59. The summed E-state index contributed by atoms with van der Waals surface area (Å²) in [4.78, 5) is 53.2. The largest absolute Gasteiger partial charge is 0.508 e. The Bertz CT molecular complexity index is 1680. The van der Waals surface area contributed by atoms with Crippen LogP contribution in [0.2, 0.25) is 0 Å². The molecule has 2 atom stereocenters. The third-order valence-corrected chi connectivity index (χ3v) is 8.60. The SMILES string of the molecule is NC(N)=NCCCC1CN(C(=O)Cc2ccc3ccccc3c2)C/C=C\CN(C(=O)CCc2ccc(O)cc2)[C@@H](CCCN=C(N)N)C(=O)N1. The van der Waals surface area contributed by atoms with Crippen LogP contribution in [-0.2, 0) is 27.2 Å². The Morgan fingerprint density at radius 2 is 1.44 bits per heavy atom. The molecular weight excluding hydrogens is 634 g/mol. The van der Waals surface area contributed by atoms with Gasteiger partial charge in [-0.3, -0.25) is 24.4 Å². The molecular formula is C37H49N9O4. The topological polar surface area (TPSA) is 219 Å². The molecule has 266 valence electrons. The van der Waals surface area contributed by atoms with Crippen LogP contribution in [0, 0.1) is 0 Å². The smallest absolute Gasteiger partial charge is 0.243 e. The van der Waals surface area contributed by atoms with Gasteiger partial charge in [-0.25, -0.2) is 0 Å². The lowest BCUT2D eigenvalue weighted by Gasteiger charge is -2.32. The van der Waals surface area contributed by atoms with E-state index in [1.165, 1.54) is 0 Å². The highest BCUT2D eigenvalue weighted by molar-refractivity contribution is 5.88. The number of amides is 3. The zero-order chi connectivity index (χ0) is 35.9. The van der Waals surface area contributed by atoms with Crippen LogP contribution < -0.4 is 28.3 Å². The van der Waals surface area contributed by atoms with Crippen molar-refractivity contribution < 1.29 is 19.5 Å². The quantitative estimate of drug-likeness (QED) is 0.0675. The predicted molar refractivity (Wildman–Crippen MR) is 197 cm³/mol. The first kappa shape index (κ1) is 37.2. The zero-order valence-electron chi connectivity index (χ0n) is 28.4. The number of benzene rings is 3. The molecule has 3 amide bonds. The van der Waals surface area contributed by atoms with Gasteiger partial charge in [0.15, 0.2) is 11.9 Å². The number of phenols is 1. The van der Waals surface area contributed by atoms with Gasteiger partial charge in [-0.05, 0) is 66.1 Å². The lowest BCUT2D eigenvalue weighted by molar-refractivity contribution is -0.140. The highest BCUT2D eigenvalue weighted by Gasteiger charge is 2.31. The van der Waals surface area contributed by atoms with E-state index >= 15 is 0 Å². The van der Waals surface area contributed by atoms with Gasteiger partial charge in [0.1, 0.15) is 11.8 Å². The van der Waals surface area contributed by atoms with Crippen LogP contribution in [0.4, 0.5) is 0 Å². The predicted octanol–water partition coefficient (Wildman–Crippen LogP) is 1.91. The molecule has 0 bridgehead atoms. The number of carbonyl (C=O) groups excluding carboxylic acids is 3.